The first kappa shape index (κ1) is 17.4. The average Bonchev–Trinajstić information content (AvgIpc) is 2.37. The smallest absolute Gasteiger partial charge is 0.404 e. The van der Waals surface area contributed by atoms with Gasteiger partial charge in [0.1, 0.15) is 6.61 Å². The van der Waals surface area contributed by atoms with Gasteiger partial charge in [0.05, 0.1) is 10.5 Å². The second kappa shape index (κ2) is 6.87. The van der Waals surface area contributed by atoms with Crippen molar-refractivity contribution in [3.05, 3.63) is 27.7 Å². The van der Waals surface area contributed by atoms with Crippen LogP contribution in [0.1, 0.15) is 15.9 Å². The van der Waals surface area contributed by atoms with Gasteiger partial charge in [-0.05, 0) is 24.6 Å². The van der Waals surface area contributed by atoms with Crippen molar-refractivity contribution in [1.82, 2.24) is 4.72 Å². The van der Waals surface area contributed by atoms with E-state index >= 15 is 0 Å². The number of aromatic carboxylic acids is 1. The number of carbonyl (C=O) groups excluding carboxylic acids is 1. The molecule has 21 heavy (non-hydrogen) atoms. The molecule has 0 unspecified atom stereocenters. The minimum Gasteiger partial charge on any atom is -0.478 e. The molecular weight excluding hydrogens is 368 g/mol. The molecule has 0 fully saturated rings. The maximum atomic E-state index is 12.0. The number of halogens is 1. The van der Waals surface area contributed by atoms with Crippen LogP contribution in [0.15, 0.2) is 21.5 Å². The highest BCUT2D eigenvalue weighted by atomic mass is 79.9. The number of amides is 1. The largest absolute Gasteiger partial charge is 0.478 e. The van der Waals surface area contributed by atoms with E-state index < -0.39 is 22.1 Å². The number of hydrogen-bond donors (Lipinski definition) is 3. The van der Waals surface area contributed by atoms with Gasteiger partial charge in [-0.3, -0.25) is 0 Å². The highest BCUT2D eigenvalue weighted by Crippen LogP contribution is 2.24. The molecule has 0 aliphatic carbocycles. The third-order valence-corrected chi connectivity index (χ3v) is 4.76. The predicted octanol–water partition coefficient (Wildman–Crippen LogP) is 0.829. The Morgan fingerprint density at radius 2 is 2.05 bits per heavy atom. The predicted molar refractivity (Wildman–Crippen MR) is 76.6 cm³/mol. The van der Waals surface area contributed by atoms with Gasteiger partial charge in [0, 0.05) is 11.0 Å². The van der Waals surface area contributed by atoms with E-state index in [9.17, 15) is 18.0 Å². The zero-order chi connectivity index (χ0) is 16.2. The number of carbonyl (C=O) groups is 2. The Morgan fingerprint density at radius 3 is 2.57 bits per heavy atom. The van der Waals surface area contributed by atoms with Crippen molar-refractivity contribution in [3.8, 4) is 0 Å². The third kappa shape index (κ3) is 4.69. The maximum Gasteiger partial charge on any atom is 0.404 e. The quantitative estimate of drug-likeness (QED) is 0.625. The Kier molecular flexibility index (Phi) is 5.70. The molecule has 0 aliphatic heterocycles. The lowest BCUT2D eigenvalue weighted by atomic mass is 10.1. The molecule has 1 aromatic rings. The molecule has 0 saturated heterocycles. The third-order valence-electron chi connectivity index (χ3n) is 2.50. The van der Waals surface area contributed by atoms with Crippen LogP contribution in [0, 0.1) is 6.92 Å². The summed E-state index contributed by atoms with van der Waals surface area (Å²) in [6.07, 6.45) is -1.01. The number of carboxylic acids is 1. The summed E-state index contributed by atoms with van der Waals surface area (Å²) in [7, 11) is -3.93. The molecule has 0 radical (unpaired) electrons. The van der Waals surface area contributed by atoms with E-state index in [-0.39, 0.29) is 23.6 Å². The second-order valence-electron chi connectivity index (χ2n) is 3.95. The Hall–Kier alpha value is -1.65. The zero-order valence-electron chi connectivity index (χ0n) is 10.9. The summed E-state index contributed by atoms with van der Waals surface area (Å²) in [6, 6.07) is 2.35. The SMILES string of the molecule is Cc1c(Br)cc(S(=O)(=O)NCCOC(N)=O)cc1C(=O)O. The maximum absolute atomic E-state index is 12.0. The van der Waals surface area contributed by atoms with Gasteiger partial charge in [0.15, 0.2) is 0 Å². The van der Waals surface area contributed by atoms with Crippen LogP contribution in [0.5, 0.6) is 0 Å². The summed E-state index contributed by atoms with van der Waals surface area (Å²) in [5, 5.41) is 9.05. The molecule has 116 valence electrons. The van der Waals surface area contributed by atoms with Crippen molar-refractivity contribution in [3.63, 3.8) is 0 Å². The van der Waals surface area contributed by atoms with Crippen molar-refractivity contribution in [2.75, 3.05) is 13.2 Å². The summed E-state index contributed by atoms with van der Waals surface area (Å²) in [5.74, 6) is -1.23. The Bertz CT molecular complexity index is 674. The van der Waals surface area contributed by atoms with Crippen LogP contribution >= 0.6 is 15.9 Å². The Labute approximate surface area is 129 Å². The number of hydrogen-bond acceptors (Lipinski definition) is 5. The summed E-state index contributed by atoms with van der Waals surface area (Å²) in [4.78, 5) is 21.2. The zero-order valence-corrected chi connectivity index (χ0v) is 13.3. The standard InChI is InChI=1S/C11H13BrN2O6S/c1-6-8(10(15)16)4-7(5-9(6)12)21(18,19)14-2-3-20-11(13)17/h4-5,14H,2-3H2,1H3,(H2,13,17)(H,15,16). The van der Waals surface area contributed by atoms with Crippen LogP contribution in [-0.4, -0.2) is 38.7 Å². The van der Waals surface area contributed by atoms with E-state index in [2.05, 4.69) is 25.4 Å². The van der Waals surface area contributed by atoms with Gasteiger partial charge in [0.2, 0.25) is 10.0 Å². The highest BCUT2D eigenvalue weighted by Gasteiger charge is 2.19. The van der Waals surface area contributed by atoms with Crippen LogP contribution in [-0.2, 0) is 14.8 Å². The molecule has 0 saturated carbocycles. The molecule has 0 aliphatic rings. The fourth-order valence-corrected chi connectivity index (χ4v) is 3.12. The summed E-state index contributed by atoms with van der Waals surface area (Å²) < 4.78 is 31.0. The first-order valence-corrected chi connectivity index (χ1v) is 7.88. The van der Waals surface area contributed by atoms with Crippen molar-refractivity contribution in [2.45, 2.75) is 11.8 Å². The number of sulfonamides is 1. The number of rotatable bonds is 6. The van der Waals surface area contributed by atoms with E-state index in [1.165, 1.54) is 6.07 Å². The summed E-state index contributed by atoms with van der Waals surface area (Å²) in [5.41, 5.74) is 5.02. The molecule has 10 heteroatoms. The van der Waals surface area contributed by atoms with Crippen molar-refractivity contribution < 1.29 is 27.9 Å². The minimum atomic E-state index is -3.93. The summed E-state index contributed by atoms with van der Waals surface area (Å²) in [6.45, 7) is 1.14. The number of nitrogens with one attached hydrogen (secondary N) is 1. The van der Waals surface area contributed by atoms with Crippen LogP contribution in [0.2, 0.25) is 0 Å². The van der Waals surface area contributed by atoms with Gasteiger partial charge < -0.3 is 15.6 Å². The van der Waals surface area contributed by atoms with Gasteiger partial charge in [0.25, 0.3) is 0 Å². The van der Waals surface area contributed by atoms with E-state index in [1.807, 2.05) is 0 Å². The normalized spacial score (nSPS) is 11.1. The van der Waals surface area contributed by atoms with Crippen LogP contribution < -0.4 is 10.5 Å². The van der Waals surface area contributed by atoms with E-state index in [1.54, 1.807) is 6.92 Å². The number of ether oxygens (including phenoxy) is 1. The lowest BCUT2D eigenvalue weighted by Gasteiger charge is -2.10. The number of benzene rings is 1. The molecule has 0 bridgehead atoms. The lowest BCUT2D eigenvalue weighted by Crippen LogP contribution is -2.29. The van der Waals surface area contributed by atoms with Gasteiger partial charge in [-0.1, -0.05) is 15.9 Å². The minimum absolute atomic E-state index is 0.127. The average molecular weight is 381 g/mol. The molecule has 0 heterocycles. The topological polar surface area (TPSA) is 136 Å². The fourth-order valence-electron chi connectivity index (χ4n) is 1.44. The number of carboxylic acid groups (broad SMARTS) is 1. The van der Waals surface area contributed by atoms with Gasteiger partial charge in [-0.25, -0.2) is 22.7 Å². The first-order valence-electron chi connectivity index (χ1n) is 5.60. The van der Waals surface area contributed by atoms with Crippen molar-refractivity contribution >= 4 is 38.0 Å². The van der Waals surface area contributed by atoms with Crippen LogP contribution in [0.25, 0.3) is 0 Å². The molecule has 4 N–H and O–H groups in total. The van der Waals surface area contributed by atoms with Crippen LogP contribution in [0.4, 0.5) is 4.79 Å². The first-order chi connectivity index (χ1) is 9.65. The lowest BCUT2D eigenvalue weighted by molar-refractivity contribution is 0.0695. The molecule has 8 nitrogen and oxygen atoms in total. The Morgan fingerprint density at radius 1 is 1.43 bits per heavy atom. The molecule has 1 amide bonds. The molecular formula is C11H13BrN2O6S. The monoisotopic (exact) mass is 380 g/mol. The molecule has 0 spiro atoms. The van der Waals surface area contributed by atoms with Crippen molar-refractivity contribution in [1.29, 1.82) is 0 Å². The highest BCUT2D eigenvalue weighted by molar-refractivity contribution is 9.10. The molecule has 0 atom stereocenters. The van der Waals surface area contributed by atoms with E-state index in [0.717, 1.165) is 6.07 Å². The number of primary amides is 1. The van der Waals surface area contributed by atoms with E-state index in [4.69, 9.17) is 10.8 Å². The van der Waals surface area contributed by atoms with Gasteiger partial charge in [-0.2, -0.15) is 0 Å². The molecule has 0 aromatic heterocycles. The molecule has 1 rings (SSSR count). The fraction of sp³-hybridized carbons (Fsp3) is 0.273. The van der Waals surface area contributed by atoms with Gasteiger partial charge in [-0.15, -0.1) is 0 Å². The van der Waals surface area contributed by atoms with Crippen molar-refractivity contribution in [2.24, 2.45) is 5.73 Å². The summed E-state index contributed by atoms with van der Waals surface area (Å²) >= 11 is 3.12. The van der Waals surface area contributed by atoms with E-state index in [0.29, 0.717) is 10.0 Å². The van der Waals surface area contributed by atoms with Gasteiger partial charge >= 0.3 is 12.1 Å². The molecule has 1 aromatic carbocycles. The second-order valence-corrected chi connectivity index (χ2v) is 6.57. The Balaban J connectivity index is 2.98. The number of nitrogens with two attached hydrogens (primary N) is 1. The van der Waals surface area contributed by atoms with Crippen LogP contribution in [0.3, 0.4) is 0 Å².